The van der Waals surface area contributed by atoms with Gasteiger partial charge in [-0.05, 0) is 81.7 Å². The SMILES string of the molecule is O=C1CCC(N2C(=O)c3cccc(CN4CCC(CCC5CCNCC5)CC4)c3C2=O)C(=O)N1. The Morgan fingerprint density at radius 3 is 2.26 bits per heavy atom. The fraction of sp³-hybridized carbons (Fsp3) is 0.615. The van der Waals surface area contributed by atoms with Crippen molar-refractivity contribution in [1.82, 2.24) is 20.4 Å². The lowest BCUT2D eigenvalue weighted by Crippen LogP contribution is -2.54. The number of piperidine rings is 3. The van der Waals surface area contributed by atoms with E-state index in [2.05, 4.69) is 15.5 Å². The van der Waals surface area contributed by atoms with E-state index in [0.717, 1.165) is 48.5 Å². The Hall–Kier alpha value is -2.58. The standard InChI is InChI=1S/C26H34N4O4/c31-22-7-6-21(24(32)28-22)30-25(33)20-3-1-2-19(23(20)26(30)34)16-29-14-10-18(11-15-29)5-4-17-8-12-27-13-9-17/h1-3,17-18,21,27H,4-16H2,(H,28,31,32). The summed E-state index contributed by atoms with van der Waals surface area (Å²) in [5.41, 5.74) is 1.63. The lowest BCUT2D eigenvalue weighted by molar-refractivity contribution is -0.136. The number of fused-ring (bicyclic) bond motifs is 1. The molecule has 3 saturated heterocycles. The van der Waals surface area contributed by atoms with Gasteiger partial charge in [0, 0.05) is 13.0 Å². The van der Waals surface area contributed by atoms with Crippen molar-refractivity contribution in [2.75, 3.05) is 26.2 Å². The fourth-order valence-electron chi connectivity index (χ4n) is 6.03. The number of hydrogen-bond donors (Lipinski definition) is 2. The quantitative estimate of drug-likeness (QED) is 0.623. The van der Waals surface area contributed by atoms with Crippen LogP contribution in [-0.4, -0.2) is 65.6 Å². The van der Waals surface area contributed by atoms with Crippen LogP contribution in [0.25, 0.3) is 0 Å². The van der Waals surface area contributed by atoms with Crippen molar-refractivity contribution >= 4 is 23.6 Å². The van der Waals surface area contributed by atoms with Gasteiger partial charge in [-0.2, -0.15) is 0 Å². The zero-order chi connectivity index (χ0) is 23.7. The molecule has 0 aliphatic carbocycles. The first-order valence-electron chi connectivity index (χ1n) is 12.8. The van der Waals surface area contributed by atoms with Crippen LogP contribution in [0.1, 0.15) is 77.6 Å². The Bertz CT molecular complexity index is 979. The van der Waals surface area contributed by atoms with Gasteiger partial charge < -0.3 is 5.32 Å². The Kier molecular flexibility index (Phi) is 6.79. The molecule has 2 N–H and O–H groups in total. The molecule has 3 fully saturated rings. The number of rotatable bonds is 6. The molecule has 5 rings (SSSR count). The second-order valence-electron chi connectivity index (χ2n) is 10.3. The van der Waals surface area contributed by atoms with Crippen LogP contribution in [0.3, 0.4) is 0 Å². The minimum absolute atomic E-state index is 0.128. The maximum absolute atomic E-state index is 13.3. The molecular formula is C26H34N4O4. The van der Waals surface area contributed by atoms with E-state index in [9.17, 15) is 19.2 Å². The van der Waals surface area contributed by atoms with E-state index in [0.29, 0.717) is 17.7 Å². The molecule has 1 unspecified atom stereocenters. The summed E-state index contributed by atoms with van der Waals surface area (Å²) in [6.07, 6.45) is 7.92. The van der Waals surface area contributed by atoms with Gasteiger partial charge in [0.05, 0.1) is 11.1 Å². The summed E-state index contributed by atoms with van der Waals surface area (Å²) in [7, 11) is 0. The Morgan fingerprint density at radius 1 is 0.853 bits per heavy atom. The van der Waals surface area contributed by atoms with Crippen LogP contribution in [0.4, 0.5) is 0 Å². The lowest BCUT2D eigenvalue weighted by Gasteiger charge is -2.33. The van der Waals surface area contributed by atoms with E-state index in [1.807, 2.05) is 12.1 Å². The van der Waals surface area contributed by atoms with Gasteiger partial charge in [-0.25, -0.2) is 0 Å². The predicted molar refractivity (Wildman–Crippen MR) is 126 cm³/mol. The topological polar surface area (TPSA) is 98.8 Å². The predicted octanol–water partition coefficient (Wildman–Crippen LogP) is 2.08. The van der Waals surface area contributed by atoms with Crippen molar-refractivity contribution in [3.8, 4) is 0 Å². The zero-order valence-electron chi connectivity index (χ0n) is 19.7. The normalized spacial score (nSPS) is 25.1. The molecule has 4 aliphatic heterocycles. The molecule has 8 heteroatoms. The summed E-state index contributed by atoms with van der Waals surface area (Å²) < 4.78 is 0. The third-order valence-electron chi connectivity index (χ3n) is 8.10. The van der Waals surface area contributed by atoms with E-state index in [4.69, 9.17) is 0 Å². The van der Waals surface area contributed by atoms with Crippen LogP contribution in [0, 0.1) is 11.8 Å². The maximum Gasteiger partial charge on any atom is 0.262 e. The highest BCUT2D eigenvalue weighted by molar-refractivity contribution is 6.24. The van der Waals surface area contributed by atoms with Crippen molar-refractivity contribution in [1.29, 1.82) is 0 Å². The van der Waals surface area contributed by atoms with E-state index >= 15 is 0 Å². The van der Waals surface area contributed by atoms with Gasteiger partial charge in [0.15, 0.2) is 0 Å². The second-order valence-corrected chi connectivity index (χ2v) is 10.3. The molecule has 0 saturated carbocycles. The first-order valence-corrected chi connectivity index (χ1v) is 12.8. The highest BCUT2D eigenvalue weighted by atomic mass is 16.2. The van der Waals surface area contributed by atoms with Gasteiger partial charge in [-0.3, -0.25) is 34.3 Å². The number of hydrogen-bond acceptors (Lipinski definition) is 6. The van der Waals surface area contributed by atoms with Crippen LogP contribution in [0.2, 0.25) is 0 Å². The largest absolute Gasteiger partial charge is 0.317 e. The van der Waals surface area contributed by atoms with E-state index < -0.39 is 23.8 Å². The number of nitrogens with zero attached hydrogens (tertiary/aromatic N) is 2. The summed E-state index contributed by atoms with van der Waals surface area (Å²) in [5, 5.41) is 5.70. The molecular weight excluding hydrogens is 432 g/mol. The van der Waals surface area contributed by atoms with E-state index in [1.54, 1.807) is 6.07 Å². The first-order chi connectivity index (χ1) is 16.5. The molecule has 1 aromatic carbocycles. The molecule has 1 aromatic rings. The molecule has 34 heavy (non-hydrogen) atoms. The summed E-state index contributed by atoms with van der Waals surface area (Å²) in [6.45, 7) is 4.95. The molecule has 4 amide bonds. The Balaban J connectivity index is 1.20. The second kappa shape index (κ2) is 9.96. The zero-order valence-corrected chi connectivity index (χ0v) is 19.7. The molecule has 4 aliphatic rings. The average Bonchev–Trinajstić information content (AvgIpc) is 3.10. The van der Waals surface area contributed by atoms with Crippen LogP contribution < -0.4 is 10.6 Å². The molecule has 4 heterocycles. The summed E-state index contributed by atoms with van der Waals surface area (Å²) in [6, 6.07) is 4.48. The van der Waals surface area contributed by atoms with Crippen LogP contribution in [-0.2, 0) is 16.1 Å². The monoisotopic (exact) mass is 466 g/mol. The summed E-state index contributed by atoms with van der Waals surface area (Å²) in [4.78, 5) is 53.6. The molecule has 0 bridgehead atoms. The van der Waals surface area contributed by atoms with Crippen molar-refractivity contribution in [3.05, 3.63) is 34.9 Å². The maximum atomic E-state index is 13.3. The van der Waals surface area contributed by atoms with Crippen molar-refractivity contribution in [2.45, 2.75) is 64.0 Å². The molecule has 8 nitrogen and oxygen atoms in total. The molecule has 0 radical (unpaired) electrons. The Morgan fingerprint density at radius 2 is 1.56 bits per heavy atom. The van der Waals surface area contributed by atoms with Gasteiger partial charge in [0.2, 0.25) is 11.8 Å². The number of nitrogens with one attached hydrogen (secondary N) is 2. The minimum atomic E-state index is -0.923. The number of amides is 4. The smallest absolute Gasteiger partial charge is 0.262 e. The lowest BCUT2D eigenvalue weighted by atomic mass is 9.85. The highest BCUT2D eigenvalue weighted by Crippen LogP contribution is 2.32. The number of imide groups is 2. The number of likely N-dealkylation sites (tertiary alicyclic amines) is 1. The Labute approximate surface area is 200 Å². The van der Waals surface area contributed by atoms with Crippen LogP contribution in [0.15, 0.2) is 18.2 Å². The van der Waals surface area contributed by atoms with E-state index in [-0.39, 0.29) is 18.7 Å². The van der Waals surface area contributed by atoms with Gasteiger partial charge >= 0.3 is 0 Å². The first kappa shape index (κ1) is 23.2. The van der Waals surface area contributed by atoms with Gasteiger partial charge in [-0.15, -0.1) is 0 Å². The number of benzene rings is 1. The molecule has 1 atom stereocenters. The summed E-state index contributed by atoms with van der Waals surface area (Å²) in [5.74, 6) is -0.132. The number of carbonyl (C=O) groups is 4. The van der Waals surface area contributed by atoms with Crippen LogP contribution >= 0.6 is 0 Å². The molecule has 0 spiro atoms. The summed E-state index contributed by atoms with van der Waals surface area (Å²) >= 11 is 0. The van der Waals surface area contributed by atoms with E-state index in [1.165, 1.54) is 38.5 Å². The molecule has 182 valence electrons. The molecule has 0 aromatic heterocycles. The fourth-order valence-corrected chi connectivity index (χ4v) is 6.03. The highest BCUT2D eigenvalue weighted by Gasteiger charge is 2.45. The third-order valence-corrected chi connectivity index (χ3v) is 8.10. The number of carbonyl (C=O) groups excluding carboxylic acids is 4. The third kappa shape index (κ3) is 4.66. The average molecular weight is 467 g/mol. The van der Waals surface area contributed by atoms with Crippen LogP contribution in [0.5, 0.6) is 0 Å². The van der Waals surface area contributed by atoms with Crippen molar-refractivity contribution in [2.24, 2.45) is 11.8 Å². The van der Waals surface area contributed by atoms with Gasteiger partial charge in [0.25, 0.3) is 11.8 Å². The minimum Gasteiger partial charge on any atom is -0.317 e. The van der Waals surface area contributed by atoms with Crippen molar-refractivity contribution < 1.29 is 19.2 Å². The van der Waals surface area contributed by atoms with Gasteiger partial charge in [0.1, 0.15) is 6.04 Å². The van der Waals surface area contributed by atoms with Crippen molar-refractivity contribution in [3.63, 3.8) is 0 Å². The van der Waals surface area contributed by atoms with Gasteiger partial charge in [-0.1, -0.05) is 25.0 Å².